The van der Waals surface area contributed by atoms with Crippen LogP contribution in [0.3, 0.4) is 0 Å². The third kappa shape index (κ3) is 4.80. The number of pyridine rings is 1. The molecule has 10 heteroatoms. The maximum absolute atomic E-state index is 12.6. The predicted octanol–water partition coefficient (Wildman–Crippen LogP) is 4.60. The van der Waals surface area contributed by atoms with E-state index >= 15 is 0 Å². The van der Waals surface area contributed by atoms with Gasteiger partial charge < -0.3 is 16.0 Å². The number of benzene rings is 1. The summed E-state index contributed by atoms with van der Waals surface area (Å²) in [4.78, 5) is 15.4. The third-order valence-electron chi connectivity index (χ3n) is 3.32. The lowest BCUT2D eigenvalue weighted by molar-refractivity contribution is -0.137. The molecule has 0 unspecified atom stereocenters. The second kappa shape index (κ2) is 8.29. The summed E-state index contributed by atoms with van der Waals surface area (Å²) in [7, 11) is 0. The van der Waals surface area contributed by atoms with E-state index in [1.165, 1.54) is 0 Å². The van der Waals surface area contributed by atoms with E-state index in [2.05, 4.69) is 21.0 Å². The predicted molar refractivity (Wildman–Crippen MR) is 95.1 cm³/mol. The third-order valence-corrected chi connectivity index (χ3v) is 3.96. The Kier molecular flexibility index (Phi) is 6.33. The summed E-state index contributed by atoms with van der Waals surface area (Å²) in [5.74, 6) is 0. The number of nitrogens with zero attached hydrogens (tertiary/aromatic N) is 1. The molecule has 5 nitrogen and oxygen atoms in total. The highest BCUT2D eigenvalue weighted by Gasteiger charge is 2.31. The Labute approximate surface area is 156 Å². The van der Waals surface area contributed by atoms with Crippen LogP contribution in [0.5, 0.6) is 0 Å². The first-order chi connectivity index (χ1) is 12.3. The van der Waals surface area contributed by atoms with Crippen LogP contribution in [-0.4, -0.2) is 16.4 Å². The van der Waals surface area contributed by atoms with E-state index in [4.69, 9.17) is 28.0 Å². The zero-order chi connectivity index (χ0) is 19.3. The summed E-state index contributed by atoms with van der Waals surface area (Å²) in [5.41, 5.74) is 5.18. The quantitative estimate of drug-likeness (QED) is 0.557. The van der Waals surface area contributed by atoms with Gasteiger partial charge in [-0.3, -0.25) is 9.78 Å². The molecule has 0 atom stereocenters. The second-order valence-electron chi connectivity index (χ2n) is 5.04. The minimum atomic E-state index is -4.46. The molecular weight excluding hydrogens is 392 g/mol. The summed E-state index contributed by atoms with van der Waals surface area (Å²) < 4.78 is 37.7. The summed E-state index contributed by atoms with van der Waals surface area (Å²) in [5, 5.41) is 4.47. The van der Waals surface area contributed by atoms with Crippen molar-refractivity contribution < 1.29 is 18.0 Å². The molecule has 1 amide bonds. The van der Waals surface area contributed by atoms with Gasteiger partial charge in [0.2, 0.25) is 6.41 Å². The van der Waals surface area contributed by atoms with Crippen molar-refractivity contribution in [2.45, 2.75) is 12.7 Å². The first kappa shape index (κ1) is 19.9. The average Bonchev–Trinajstić information content (AvgIpc) is 3.02. The summed E-state index contributed by atoms with van der Waals surface area (Å²) >= 11 is 12.0. The molecule has 1 aromatic carbocycles. The Hall–Kier alpha value is -2.45. The van der Waals surface area contributed by atoms with Gasteiger partial charge in [0.25, 0.3) is 0 Å². The molecular formula is C16H13Cl2F3N4O. The van der Waals surface area contributed by atoms with Crippen molar-refractivity contribution in [3.05, 3.63) is 58.0 Å². The van der Waals surface area contributed by atoms with Gasteiger partial charge in [-0.1, -0.05) is 23.2 Å². The first-order valence-corrected chi connectivity index (χ1v) is 7.89. The number of fused-ring (bicyclic) bond motifs is 1. The number of H-pyrrole nitrogens is 1. The van der Waals surface area contributed by atoms with Crippen LogP contribution in [0, 0.1) is 0 Å². The molecule has 2 aromatic heterocycles. The first-order valence-electron chi connectivity index (χ1n) is 7.13. The molecule has 138 valence electrons. The molecule has 0 aliphatic carbocycles. The molecule has 0 saturated carbocycles. The van der Waals surface area contributed by atoms with Crippen LogP contribution in [-0.2, 0) is 17.5 Å². The Balaban J connectivity index is 0.000000758. The van der Waals surface area contributed by atoms with E-state index in [1.54, 1.807) is 12.3 Å². The average molecular weight is 405 g/mol. The lowest BCUT2D eigenvalue weighted by atomic mass is 10.2. The minimum absolute atomic E-state index is 0.0422. The molecule has 0 saturated heterocycles. The summed E-state index contributed by atoms with van der Waals surface area (Å²) in [6.07, 6.45) is -1.67. The maximum atomic E-state index is 12.6. The normalized spacial score (nSPS) is 11.0. The number of carbonyl (C=O) groups is 1. The van der Waals surface area contributed by atoms with Crippen LogP contribution in [0.1, 0.15) is 11.3 Å². The highest BCUT2D eigenvalue weighted by atomic mass is 35.5. The van der Waals surface area contributed by atoms with Crippen LogP contribution in [0.2, 0.25) is 10.0 Å². The number of hydrogen-bond acceptors (Lipinski definition) is 3. The highest BCUT2D eigenvalue weighted by Crippen LogP contribution is 2.31. The zero-order valence-corrected chi connectivity index (χ0v) is 14.6. The number of alkyl halides is 3. The van der Waals surface area contributed by atoms with Crippen molar-refractivity contribution in [1.29, 1.82) is 0 Å². The zero-order valence-electron chi connectivity index (χ0n) is 13.1. The Bertz CT molecular complexity index is 912. The molecule has 0 radical (unpaired) electrons. The molecule has 0 aliphatic heterocycles. The van der Waals surface area contributed by atoms with Gasteiger partial charge in [-0.25, -0.2) is 0 Å². The number of rotatable bonds is 3. The second-order valence-corrected chi connectivity index (χ2v) is 5.85. The lowest BCUT2D eigenvalue weighted by Gasteiger charge is -2.11. The van der Waals surface area contributed by atoms with Gasteiger partial charge in [0.1, 0.15) is 0 Å². The van der Waals surface area contributed by atoms with Crippen LogP contribution < -0.4 is 11.1 Å². The number of anilines is 1. The number of aromatic amines is 1. The number of primary amides is 1. The topological polar surface area (TPSA) is 83.8 Å². The van der Waals surface area contributed by atoms with Gasteiger partial charge >= 0.3 is 6.18 Å². The highest BCUT2D eigenvalue weighted by molar-refractivity contribution is 6.35. The van der Waals surface area contributed by atoms with E-state index in [1.807, 2.05) is 12.1 Å². The maximum Gasteiger partial charge on any atom is 0.417 e. The van der Waals surface area contributed by atoms with Gasteiger partial charge in [0.05, 0.1) is 27.8 Å². The minimum Gasteiger partial charge on any atom is -0.379 e. The fourth-order valence-corrected chi connectivity index (χ4v) is 2.68. The lowest BCUT2D eigenvalue weighted by Crippen LogP contribution is -2.08. The van der Waals surface area contributed by atoms with Crippen LogP contribution in [0.15, 0.2) is 36.7 Å². The smallest absolute Gasteiger partial charge is 0.379 e. The van der Waals surface area contributed by atoms with E-state index in [9.17, 15) is 13.2 Å². The Morgan fingerprint density at radius 2 is 1.92 bits per heavy atom. The fraction of sp³-hybridized carbons (Fsp3) is 0.125. The van der Waals surface area contributed by atoms with E-state index in [0.29, 0.717) is 16.4 Å². The van der Waals surface area contributed by atoms with Crippen molar-refractivity contribution in [2.24, 2.45) is 5.73 Å². The van der Waals surface area contributed by atoms with E-state index in [-0.39, 0.29) is 18.0 Å². The van der Waals surface area contributed by atoms with E-state index in [0.717, 1.165) is 23.2 Å². The van der Waals surface area contributed by atoms with Crippen LogP contribution in [0.25, 0.3) is 10.9 Å². The number of nitrogens with one attached hydrogen (secondary N) is 2. The van der Waals surface area contributed by atoms with Crippen LogP contribution >= 0.6 is 23.2 Å². The molecule has 26 heavy (non-hydrogen) atoms. The number of amides is 1. The Morgan fingerprint density at radius 3 is 2.54 bits per heavy atom. The summed E-state index contributed by atoms with van der Waals surface area (Å²) in [6, 6.07) is 6.30. The number of aromatic nitrogens is 2. The molecule has 4 N–H and O–H groups in total. The molecule has 0 fully saturated rings. The van der Waals surface area contributed by atoms with Crippen molar-refractivity contribution in [2.75, 3.05) is 5.32 Å². The van der Waals surface area contributed by atoms with Gasteiger partial charge in [-0.05, 0) is 24.3 Å². The monoisotopic (exact) mass is 404 g/mol. The largest absolute Gasteiger partial charge is 0.417 e. The van der Waals surface area contributed by atoms with Crippen LogP contribution in [0.4, 0.5) is 18.9 Å². The van der Waals surface area contributed by atoms with Gasteiger partial charge in [0, 0.05) is 29.0 Å². The number of carbonyl (C=O) groups excluding carboxylic acids is 1. The molecule has 2 heterocycles. The molecule has 0 spiro atoms. The molecule has 0 aliphatic rings. The number of nitrogens with two attached hydrogens (primary N) is 1. The van der Waals surface area contributed by atoms with Gasteiger partial charge in [0.15, 0.2) is 0 Å². The SMILES string of the molecule is FC(F)(F)c1cnc(CNc2cc(Cl)c3cc[nH]c3c2)c(Cl)c1.NC=O. The van der Waals surface area contributed by atoms with Gasteiger partial charge in [-0.2, -0.15) is 13.2 Å². The van der Waals surface area contributed by atoms with Crippen molar-refractivity contribution in [3.8, 4) is 0 Å². The molecule has 3 aromatic rings. The molecule has 3 rings (SSSR count). The summed E-state index contributed by atoms with van der Waals surface area (Å²) in [6.45, 7) is 0.180. The van der Waals surface area contributed by atoms with E-state index < -0.39 is 11.7 Å². The van der Waals surface area contributed by atoms with Gasteiger partial charge in [-0.15, -0.1) is 0 Å². The molecule has 0 bridgehead atoms. The number of halogens is 5. The van der Waals surface area contributed by atoms with Crippen molar-refractivity contribution in [1.82, 2.24) is 9.97 Å². The standard InChI is InChI=1S/C15H10Cl2F3N3.CH3NO/c16-11-4-9(5-13-10(11)1-2-21-13)22-7-14-12(17)3-8(6-23-14)15(18,19)20;2-1-3/h1-6,21-22H,7H2;1H,(H2,2,3). The van der Waals surface area contributed by atoms with Crippen molar-refractivity contribution >= 4 is 46.2 Å². The Morgan fingerprint density at radius 1 is 1.23 bits per heavy atom. The fourth-order valence-electron chi connectivity index (χ4n) is 2.16. The van der Waals surface area contributed by atoms with Crippen molar-refractivity contribution in [3.63, 3.8) is 0 Å². The number of hydrogen-bond donors (Lipinski definition) is 3.